The molecule has 14 heavy (non-hydrogen) atoms. The van der Waals surface area contributed by atoms with E-state index >= 15 is 0 Å². The number of aliphatic hydroxyl groups is 1. The van der Waals surface area contributed by atoms with Crippen LogP contribution in [0.15, 0.2) is 24.3 Å². The Bertz CT molecular complexity index is 340. The standard InChI is InChI=1S/C12H16O2/c1-9(6-7-13)11-5-4-10(2)12(8-11)14-3/h4-6,8,13H,7H2,1-3H3/b9-6+. The molecule has 1 rings (SSSR count). The summed E-state index contributed by atoms with van der Waals surface area (Å²) in [6.45, 7) is 4.05. The van der Waals surface area contributed by atoms with Crippen molar-refractivity contribution in [1.82, 2.24) is 0 Å². The van der Waals surface area contributed by atoms with Gasteiger partial charge in [-0.05, 0) is 36.6 Å². The van der Waals surface area contributed by atoms with Gasteiger partial charge in [-0.1, -0.05) is 18.2 Å². The van der Waals surface area contributed by atoms with Crippen LogP contribution in [0.2, 0.25) is 0 Å². The highest BCUT2D eigenvalue weighted by molar-refractivity contribution is 5.65. The Morgan fingerprint density at radius 1 is 1.50 bits per heavy atom. The molecular weight excluding hydrogens is 176 g/mol. The van der Waals surface area contributed by atoms with Gasteiger partial charge in [0.15, 0.2) is 0 Å². The van der Waals surface area contributed by atoms with Crippen molar-refractivity contribution in [2.24, 2.45) is 0 Å². The Kier molecular flexibility index (Phi) is 3.72. The van der Waals surface area contributed by atoms with Crippen molar-refractivity contribution in [3.63, 3.8) is 0 Å². The first kappa shape index (κ1) is 10.8. The van der Waals surface area contributed by atoms with E-state index in [0.29, 0.717) is 0 Å². The van der Waals surface area contributed by atoms with Crippen molar-refractivity contribution in [3.05, 3.63) is 35.4 Å². The summed E-state index contributed by atoms with van der Waals surface area (Å²) in [4.78, 5) is 0. The fourth-order valence-corrected chi connectivity index (χ4v) is 1.32. The van der Waals surface area contributed by atoms with Gasteiger partial charge in [0.25, 0.3) is 0 Å². The van der Waals surface area contributed by atoms with Crippen molar-refractivity contribution >= 4 is 5.57 Å². The summed E-state index contributed by atoms with van der Waals surface area (Å²) < 4.78 is 5.22. The van der Waals surface area contributed by atoms with Crippen LogP contribution in [0.5, 0.6) is 5.75 Å². The summed E-state index contributed by atoms with van der Waals surface area (Å²) in [7, 11) is 1.66. The Balaban J connectivity index is 3.06. The molecule has 2 heteroatoms. The van der Waals surface area contributed by atoms with Crippen LogP contribution in [0, 0.1) is 6.92 Å². The normalized spacial score (nSPS) is 11.6. The van der Waals surface area contributed by atoms with Gasteiger partial charge in [-0.2, -0.15) is 0 Å². The molecule has 0 atom stereocenters. The van der Waals surface area contributed by atoms with Gasteiger partial charge >= 0.3 is 0 Å². The highest BCUT2D eigenvalue weighted by Gasteiger charge is 2.01. The molecule has 0 aromatic heterocycles. The lowest BCUT2D eigenvalue weighted by Gasteiger charge is -2.07. The van der Waals surface area contributed by atoms with Crippen LogP contribution in [0.3, 0.4) is 0 Å². The third kappa shape index (κ3) is 2.36. The van der Waals surface area contributed by atoms with Gasteiger partial charge in [0, 0.05) is 0 Å². The Morgan fingerprint density at radius 2 is 2.21 bits per heavy atom. The van der Waals surface area contributed by atoms with E-state index in [1.807, 2.05) is 32.0 Å². The fourth-order valence-electron chi connectivity index (χ4n) is 1.32. The average molecular weight is 192 g/mol. The molecule has 0 amide bonds. The van der Waals surface area contributed by atoms with E-state index in [1.165, 1.54) is 0 Å². The van der Waals surface area contributed by atoms with Gasteiger partial charge in [-0.3, -0.25) is 0 Å². The van der Waals surface area contributed by atoms with Gasteiger partial charge in [-0.15, -0.1) is 0 Å². The van der Waals surface area contributed by atoms with Crippen LogP contribution in [-0.2, 0) is 0 Å². The lowest BCUT2D eigenvalue weighted by atomic mass is 10.0. The van der Waals surface area contributed by atoms with Crippen molar-refractivity contribution in [2.45, 2.75) is 13.8 Å². The number of hydrogen-bond donors (Lipinski definition) is 1. The van der Waals surface area contributed by atoms with E-state index in [1.54, 1.807) is 13.2 Å². The minimum atomic E-state index is 0.0715. The van der Waals surface area contributed by atoms with Gasteiger partial charge in [0.1, 0.15) is 5.75 Å². The molecule has 0 bridgehead atoms. The Morgan fingerprint density at radius 3 is 2.79 bits per heavy atom. The third-order valence-corrected chi connectivity index (χ3v) is 2.26. The second-order valence-electron chi connectivity index (χ2n) is 3.25. The van der Waals surface area contributed by atoms with E-state index in [-0.39, 0.29) is 6.61 Å². The fraction of sp³-hybridized carbons (Fsp3) is 0.333. The van der Waals surface area contributed by atoms with E-state index in [2.05, 4.69) is 0 Å². The molecule has 0 heterocycles. The maximum Gasteiger partial charge on any atom is 0.122 e. The van der Waals surface area contributed by atoms with E-state index in [9.17, 15) is 0 Å². The summed E-state index contributed by atoms with van der Waals surface area (Å²) in [5.41, 5.74) is 3.26. The quantitative estimate of drug-likeness (QED) is 0.796. The summed E-state index contributed by atoms with van der Waals surface area (Å²) in [5.74, 6) is 0.883. The van der Waals surface area contributed by atoms with Gasteiger partial charge in [-0.25, -0.2) is 0 Å². The molecule has 0 spiro atoms. The van der Waals surface area contributed by atoms with Crippen LogP contribution in [0.25, 0.3) is 5.57 Å². The van der Waals surface area contributed by atoms with E-state index in [4.69, 9.17) is 9.84 Å². The molecule has 1 N–H and O–H groups in total. The van der Waals surface area contributed by atoms with Crippen LogP contribution in [0.4, 0.5) is 0 Å². The molecule has 0 aliphatic heterocycles. The lowest BCUT2D eigenvalue weighted by molar-refractivity contribution is 0.343. The Hall–Kier alpha value is -1.28. The molecule has 76 valence electrons. The number of aryl methyl sites for hydroxylation is 1. The lowest BCUT2D eigenvalue weighted by Crippen LogP contribution is -1.89. The van der Waals surface area contributed by atoms with Crippen LogP contribution in [0.1, 0.15) is 18.1 Å². The number of benzene rings is 1. The Labute approximate surface area is 84.8 Å². The maximum atomic E-state index is 8.77. The summed E-state index contributed by atoms with van der Waals surface area (Å²) in [6, 6.07) is 6.03. The van der Waals surface area contributed by atoms with Gasteiger partial charge in [0.05, 0.1) is 13.7 Å². The minimum Gasteiger partial charge on any atom is -0.496 e. The van der Waals surface area contributed by atoms with E-state index in [0.717, 1.165) is 22.4 Å². The molecule has 1 aromatic rings. The third-order valence-electron chi connectivity index (χ3n) is 2.26. The molecule has 0 unspecified atom stereocenters. The van der Waals surface area contributed by atoms with Gasteiger partial charge < -0.3 is 9.84 Å². The monoisotopic (exact) mass is 192 g/mol. The highest BCUT2D eigenvalue weighted by atomic mass is 16.5. The van der Waals surface area contributed by atoms with Crippen LogP contribution >= 0.6 is 0 Å². The second kappa shape index (κ2) is 4.82. The van der Waals surface area contributed by atoms with Crippen molar-refractivity contribution in [2.75, 3.05) is 13.7 Å². The number of hydrogen-bond acceptors (Lipinski definition) is 2. The number of rotatable bonds is 3. The smallest absolute Gasteiger partial charge is 0.122 e. The largest absolute Gasteiger partial charge is 0.496 e. The molecule has 0 aliphatic rings. The molecule has 0 saturated heterocycles. The maximum absolute atomic E-state index is 8.77. The van der Waals surface area contributed by atoms with Crippen LogP contribution in [-0.4, -0.2) is 18.8 Å². The summed E-state index contributed by atoms with van der Waals surface area (Å²) in [5, 5.41) is 8.77. The summed E-state index contributed by atoms with van der Waals surface area (Å²) in [6.07, 6.45) is 1.78. The molecule has 1 aromatic carbocycles. The minimum absolute atomic E-state index is 0.0715. The van der Waals surface area contributed by atoms with E-state index < -0.39 is 0 Å². The van der Waals surface area contributed by atoms with Crippen molar-refractivity contribution in [3.8, 4) is 5.75 Å². The van der Waals surface area contributed by atoms with Crippen LogP contribution < -0.4 is 4.74 Å². The van der Waals surface area contributed by atoms with Crippen molar-refractivity contribution < 1.29 is 9.84 Å². The summed E-state index contributed by atoms with van der Waals surface area (Å²) >= 11 is 0. The van der Waals surface area contributed by atoms with Crippen molar-refractivity contribution in [1.29, 1.82) is 0 Å². The zero-order valence-electron chi connectivity index (χ0n) is 8.87. The molecule has 2 nitrogen and oxygen atoms in total. The number of ether oxygens (including phenoxy) is 1. The first-order chi connectivity index (χ1) is 6.69. The zero-order valence-corrected chi connectivity index (χ0v) is 8.87. The predicted molar refractivity (Wildman–Crippen MR) is 58.5 cm³/mol. The average Bonchev–Trinajstić information content (AvgIpc) is 2.19. The number of aliphatic hydroxyl groups excluding tert-OH is 1. The SMILES string of the molecule is COc1cc(/C(C)=C/CO)ccc1C. The molecule has 0 aliphatic carbocycles. The number of methoxy groups -OCH3 is 1. The molecular formula is C12H16O2. The molecule has 0 saturated carbocycles. The number of allylic oxidation sites excluding steroid dienone is 1. The first-order valence-corrected chi connectivity index (χ1v) is 4.61. The molecule has 0 fully saturated rings. The van der Waals surface area contributed by atoms with Gasteiger partial charge in [0.2, 0.25) is 0 Å². The highest BCUT2D eigenvalue weighted by Crippen LogP contribution is 2.23. The second-order valence-corrected chi connectivity index (χ2v) is 3.25. The first-order valence-electron chi connectivity index (χ1n) is 4.61. The predicted octanol–water partition coefficient (Wildman–Crippen LogP) is 2.40. The zero-order chi connectivity index (χ0) is 10.6. The topological polar surface area (TPSA) is 29.5 Å². The molecule has 0 radical (unpaired) electrons.